The van der Waals surface area contributed by atoms with E-state index in [1.165, 1.54) is 25.7 Å². The molecule has 2 aliphatic rings. The number of oxazole rings is 1. The van der Waals surface area contributed by atoms with Crippen LogP contribution in [0.3, 0.4) is 0 Å². The lowest BCUT2D eigenvalue weighted by Gasteiger charge is -2.17. The Balaban J connectivity index is 0.000000154. The lowest BCUT2D eigenvalue weighted by atomic mass is 10.1. The molecule has 49 heavy (non-hydrogen) atoms. The molecule has 0 amide bonds. The summed E-state index contributed by atoms with van der Waals surface area (Å²) in [4.78, 5) is 28.6. The first kappa shape index (κ1) is 32.4. The summed E-state index contributed by atoms with van der Waals surface area (Å²) >= 11 is 0. The van der Waals surface area contributed by atoms with E-state index in [-0.39, 0.29) is 0 Å². The van der Waals surface area contributed by atoms with Gasteiger partial charge in [-0.2, -0.15) is 0 Å². The molecule has 0 N–H and O–H groups in total. The molecule has 0 atom stereocenters. The van der Waals surface area contributed by atoms with Crippen LogP contribution in [0, 0.1) is 13.8 Å². The first-order chi connectivity index (χ1) is 24.1. The Labute approximate surface area is 289 Å². The minimum atomic E-state index is 0.701. The second kappa shape index (κ2) is 15.4. The third-order valence-corrected chi connectivity index (χ3v) is 9.44. The smallest absolute Gasteiger partial charge is 0.226 e. The summed E-state index contributed by atoms with van der Waals surface area (Å²) in [5.41, 5.74) is 8.32. The first-order valence-electron chi connectivity index (χ1n) is 17.7. The first-order valence-corrected chi connectivity index (χ1v) is 17.7. The number of aromatic nitrogens is 5. The van der Waals surface area contributed by atoms with Crippen molar-refractivity contribution in [2.24, 2.45) is 0 Å². The van der Waals surface area contributed by atoms with Gasteiger partial charge in [0.05, 0.1) is 28.1 Å². The molecule has 0 spiro atoms. The minimum Gasteiger partial charge on any atom is -0.441 e. The van der Waals surface area contributed by atoms with E-state index < -0.39 is 0 Å². The van der Waals surface area contributed by atoms with E-state index in [0.29, 0.717) is 5.89 Å². The summed E-state index contributed by atoms with van der Waals surface area (Å²) in [7, 11) is 0. The van der Waals surface area contributed by atoms with Crippen LogP contribution in [-0.4, -0.2) is 51.1 Å². The molecular formula is C41H45N7O. The average molecular weight is 652 g/mol. The normalized spacial score (nSPS) is 14.3. The van der Waals surface area contributed by atoms with Crippen molar-refractivity contribution in [2.75, 3.05) is 36.0 Å². The summed E-state index contributed by atoms with van der Waals surface area (Å²) in [6.45, 7) is 8.54. The summed E-state index contributed by atoms with van der Waals surface area (Å²) in [6.07, 6.45) is 8.59. The Morgan fingerprint density at radius 3 is 1.63 bits per heavy atom. The van der Waals surface area contributed by atoms with Gasteiger partial charge in [-0.3, -0.25) is 0 Å². The van der Waals surface area contributed by atoms with Gasteiger partial charge in [0.15, 0.2) is 0 Å². The SMILES string of the molecule is Cc1nc2ccccc2nc1CCc1cccc(N2CCCC2)n1.Cc1oc(-c2ccccc2)nc1CCc1cccc(N2CCCC2)n1. The van der Waals surface area contributed by atoms with Crippen molar-refractivity contribution in [1.29, 1.82) is 0 Å². The maximum Gasteiger partial charge on any atom is 0.226 e. The molecule has 2 aliphatic heterocycles. The Kier molecular flexibility index (Phi) is 10.2. The van der Waals surface area contributed by atoms with Crippen LogP contribution in [0.15, 0.2) is 95.4 Å². The lowest BCUT2D eigenvalue weighted by molar-refractivity contribution is 0.539. The molecule has 8 nitrogen and oxygen atoms in total. The van der Waals surface area contributed by atoms with Crippen LogP contribution in [0.25, 0.3) is 22.5 Å². The molecule has 0 bridgehead atoms. The fourth-order valence-electron chi connectivity index (χ4n) is 6.68. The number of fused-ring (bicyclic) bond motifs is 1. The lowest BCUT2D eigenvalue weighted by Crippen LogP contribution is -2.19. The van der Waals surface area contributed by atoms with Crippen LogP contribution in [0.1, 0.15) is 59.9 Å². The van der Waals surface area contributed by atoms with Crippen molar-refractivity contribution in [2.45, 2.75) is 65.2 Å². The van der Waals surface area contributed by atoms with Gasteiger partial charge in [0.25, 0.3) is 0 Å². The summed E-state index contributed by atoms with van der Waals surface area (Å²) in [5, 5.41) is 0. The van der Waals surface area contributed by atoms with Crippen molar-refractivity contribution in [3.05, 3.63) is 125 Å². The molecule has 2 aromatic carbocycles. The highest BCUT2D eigenvalue weighted by Gasteiger charge is 2.16. The molecule has 250 valence electrons. The van der Waals surface area contributed by atoms with E-state index in [1.807, 2.05) is 68.4 Å². The third kappa shape index (κ3) is 8.13. The number of pyridine rings is 2. The number of anilines is 2. The zero-order valence-electron chi connectivity index (χ0n) is 28.7. The fraction of sp³-hybridized carbons (Fsp3) is 0.341. The quantitative estimate of drug-likeness (QED) is 0.155. The Hall–Kier alpha value is -5.11. The minimum absolute atomic E-state index is 0.701. The molecule has 0 saturated carbocycles. The van der Waals surface area contributed by atoms with Crippen LogP contribution in [-0.2, 0) is 25.7 Å². The van der Waals surface area contributed by atoms with E-state index in [9.17, 15) is 0 Å². The Morgan fingerprint density at radius 2 is 1.04 bits per heavy atom. The van der Waals surface area contributed by atoms with Gasteiger partial charge in [0.1, 0.15) is 17.4 Å². The van der Waals surface area contributed by atoms with Crippen LogP contribution < -0.4 is 9.80 Å². The monoisotopic (exact) mass is 651 g/mol. The van der Waals surface area contributed by atoms with E-state index in [2.05, 4.69) is 51.2 Å². The highest BCUT2D eigenvalue weighted by Crippen LogP contribution is 2.24. The number of hydrogen-bond acceptors (Lipinski definition) is 8. The van der Waals surface area contributed by atoms with E-state index >= 15 is 0 Å². The Morgan fingerprint density at radius 1 is 0.510 bits per heavy atom. The molecule has 0 aliphatic carbocycles. The van der Waals surface area contributed by atoms with Crippen molar-refractivity contribution in [3.8, 4) is 11.5 Å². The fourth-order valence-corrected chi connectivity index (χ4v) is 6.68. The van der Waals surface area contributed by atoms with Gasteiger partial charge in [0.2, 0.25) is 5.89 Å². The second-order valence-corrected chi connectivity index (χ2v) is 13.0. The molecule has 2 saturated heterocycles. The zero-order chi connectivity index (χ0) is 33.4. The summed E-state index contributed by atoms with van der Waals surface area (Å²) in [5.74, 6) is 3.82. The van der Waals surface area contributed by atoms with E-state index in [0.717, 1.165) is 114 Å². The maximum absolute atomic E-state index is 5.85. The number of nitrogens with zero attached hydrogens (tertiary/aromatic N) is 7. The number of benzene rings is 2. The highest BCUT2D eigenvalue weighted by atomic mass is 16.4. The average Bonchev–Trinajstić information content (AvgIpc) is 3.95. The van der Waals surface area contributed by atoms with Crippen LogP contribution >= 0.6 is 0 Å². The van der Waals surface area contributed by atoms with Crippen molar-refractivity contribution in [1.82, 2.24) is 24.9 Å². The Bertz CT molecular complexity index is 1980. The number of hydrogen-bond donors (Lipinski definition) is 0. The molecule has 4 aromatic heterocycles. The van der Waals surface area contributed by atoms with Gasteiger partial charge in [-0.05, 0) is 114 Å². The predicted molar refractivity (Wildman–Crippen MR) is 197 cm³/mol. The van der Waals surface area contributed by atoms with Gasteiger partial charge >= 0.3 is 0 Å². The zero-order valence-corrected chi connectivity index (χ0v) is 28.7. The van der Waals surface area contributed by atoms with Gasteiger partial charge in [0, 0.05) is 43.1 Å². The number of rotatable bonds is 9. The largest absolute Gasteiger partial charge is 0.441 e. The maximum atomic E-state index is 5.85. The van der Waals surface area contributed by atoms with Crippen molar-refractivity contribution >= 4 is 22.7 Å². The molecule has 6 aromatic rings. The van der Waals surface area contributed by atoms with E-state index in [1.54, 1.807) is 0 Å². The molecule has 2 fully saturated rings. The third-order valence-electron chi connectivity index (χ3n) is 9.44. The predicted octanol–water partition coefficient (Wildman–Crippen LogP) is 8.15. The van der Waals surface area contributed by atoms with Crippen LogP contribution in [0.5, 0.6) is 0 Å². The molecule has 8 rings (SSSR count). The van der Waals surface area contributed by atoms with Crippen LogP contribution in [0.4, 0.5) is 11.6 Å². The number of para-hydroxylation sites is 2. The van der Waals surface area contributed by atoms with Gasteiger partial charge in [-0.15, -0.1) is 0 Å². The molecule has 6 heterocycles. The van der Waals surface area contributed by atoms with Crippen molar-refractivity contribution in [3.63, 3.8) is 0 Å². The van der Waals surface area contributed by atoms with Gasteiger partial charge in [-0.1, -0.05) is 42.5 Å². The topological polar surface area (TPSA) is 84.1 Å². The van der Waals surface area contributed by atoms with Crippen molar-refractivity contribution < 1.29 is 4.42 Å². The summed E-state index contributed by atoms with van der Waals surface area (Å²) < 4.78 is 5.85. The van der Waals surface area contributed by atoms with Gasteiger partial charge < -0.3 is 14.2 Å². The van der Waals surface area contributed by atoms with Gasteiger partial charge in [-0.25, -0.2) is 24.9 Å². The molecular weight excluding hydrogens is 606 g/mol. The van der Waals surface area contributed by atoms with Crippen LogP contribution in [0.2, 0.25) is 0 Å². The molecule has 0 unspecified atom stereocenters. The van der Waals surface area contributed by atoms with E-state index in [4.69, 9.17) is 24.4 Å². The number of aryl methyl sites for hydroxylation is 6. The highest BCUT2D eigenvalue weighted by molar-refractivity contribution is 5.74. The molecule has 0 radical (unpaired) electrons. The standard InChI is InChI=1S/C21H23N3O.C20H22N4/c1-16-19(23-21(25-16)17-8-3-2-4-9-17)13-12-18-10-7-11-20(22-18)24-14-5-6-15-24;1-15-17(23-19-9-3-2-8-18(19)21-15)12-11-16-7-6-10-20(22-16)24-13-4-5-14-24/h2-4,7-11H,5-6,12-15H2,1H3;2-3,6-10H,4-5,11-14H2,1H3. The molecule has 8 heteroatoms. The second-order valence-electron chi connectivity index (χ2n) is 13.0. The summed E-state index contributed by atoms with van der Waals surface area (Å²) in [6, 6.07) is 30.8.